The summed E-state index contributed by atoms with van der Waals surface area (Å²) in [4.78, 5) is 27.5. The number of nitrogens with one attached hydrogen (secondary N) is 1. The van der Waals surface area contributed by atoms with Gasteiger partial charge in [-0.2, -0.15) is 0 Å². The van der Waals surface area contributed by atoms with E-state index in [9.17, 15) is 19.8 Å². The largest absolute Gasteiger partial charge is 0.465 e. The maximum absolute atomic E-state index is 15.4. The van der Waals surface area contributed by atoms with E-state index < -0.39 is 35.6 Å². The molecule has 38 heavy (non-hydrogen) atoms. The molecule has 2 fully saturated rings. The Morgan fingerprint density at radius 1 is 1.16 bits per heavy atom. The number of carbonyl (C=O) groups excluding carboxylic acids is 1. The molecule has 4 rings (SSSR count). The quantitative estimate of drug-likeness (QED) is 0.350. The number of carbonyl (C=O) groups is 2. The van der Waals surface area contributed by atoms with Gasteiger partial charge >= 0.3 is 12.1 Å². The molecule has 2 heterocycles. The zero-order chi connectivity index (χ0) is 27.4. The SMILES string of the molecule is Cc1cccc(-c2c(F)cccc2[C@@](O)(CCCNC(=O)O)[C@@H]2CCCN(C(=O)N3C[C@@H](N)[C@@H](O)C3)C2)c1. The lowest BCUT2D eigenvalue weighted by Crippen LogP contribution is -2.52. The maximum Gasteiger partial charge on any atom is 0.404 e. The minimum atomic E-state index is -1.53. The predicted molar refractivity (Wildman–Crippen MR) is 141 cm³/mol. The van der Waals surface area contributed by atoms with Crippen molar-refractivity contribution in [1.29, 1.82) is 0 Å². The van der Waals surface area contributed by atoms with Gasteiger partial charge in [0.05, 0.1) is 11.7 Å². The number of aliphatic hydroxyl groups is 2. The number of nitrogens with zero attached hydrogens (tertiary/aromatic N) is 2. The van der Waals surface area contributed by atoms with E-state index in [2.05, 4.69) is 5.32 Å². The molecule has 2 aliphatic heterocycles. The third-order valence-corrected chi connectivity index (χ3v) is 7.77. The minimum absolute atomic E-state index is 0.131. The fraction of sp³-hybridized carbons (Fsp3) is 0.500. The lowest BCUT2D eigenvalue weighted by Gasteiger charge is -2.44. The van der Waals surface area contributed by atoms with Crippen LogP contribution in [0.2, 0.25) is 0 Å². The van der Waals surface area contributed by atoms with Gasteiger partial charge in [0.15, 0.2) is 0 Å². The van der Waals surface area contributed by atoms with Gasteiger partial charge in [-0.3, -0.25) is 0 Å². The molecule has 2 aliphatic rings. The predicted octanol–water partition coefficient (Wildman–Crippen LogP) is 2.87. The van der Waals surface area contributed by atoms with E-state index in [0.29, 0.717) is 42.5 Å². The van der Waals surface area contributed by atoms with E-state index in [0.717, 1.165) is 5.56 Å². The van der Waals surface area contributed by atoms with Crippen LogP contribution in [-0.4, -0.2) is 82.1 Å². The smallest absolute Gasteiger partial charge is 0.404 e. The third kappa shape index (κ3) is 5.92. The van der Waals surface area contributed by atoms with E-state index in [4.69, 9.17) is 10.8 Å². The zero-order valence-corrected chi connectivity index (χ0v) is 21.6. The van der Waals surface area contributed by atoms with Crippen molar-refractivity contribution in [3.63, 3.8) is 0 Å². The van der Waals surface area contributed by atoms with Crippen LogP contribution in [0.5, 0.6) is 0 Å². The molecule has 2 aromatic rings. The highest BCUT2D eigenvalue weighted by Gasteiger charge is 2.44. The summed E-state index contributed by atoms with van der Waals surface area (Å²) >= 11 is 0. The molecule has 0 aliphatic carbocycles. The first-order valence-corrected chi connectivity index (χ1v) is 13.1. The normalized spacial score (nSPS) is 23.2. The van der Waals surface area contributed by atoms with E-state index in [1.54, 1.807) is 23.1 Å². The minimum Gasteiger partial charge on any atom is -0.465 e. The fourth-order valence-corrected chi connectivity index (χ4v) is 5.80. The summed E-state index contributed by atoms with van der Waals surface area (Å²) in [6.07, 6.45) is -0.176. The molecule has 0 radical (unpaired) electrons. The van der Waals surface area contributed by atoms with E-state index >= 15 is 4.39 Å². The van der Waals surface area contributed by atoms with Crippen LogP contribution in [0.25, 0.3) is 11.1 Å². The monoisotopic (exact) mass is 528 g/mol. The first-order chi connectivity index (χ1) is 18.1. The second-order valence-electron chi connectivity index (χ2n) is 10.5. The van der Waals surface area contributed by atoms with Gasteiger partial charge in [0, 0.05) is 50.2 Å². The summed E-state index contributed by atoms with van der Waals surface area (Å²) in [7, 11) is 0. The molecule has 10 heteroatoms. The molecule has 9 nitrogen and oxygen atoms in total. The van der Waals surface area contributed by atoms with Crippen LogP contribution in [0, 0.1) is 18.7 Å². The molecular weight excluding hydrogens is 491 g/mol. The van der Waals surface area contributed by atoms with Gasteiger partial charge in [0.2, 0.25) is 0 Å². The topological polar surface area (TPSA) is 139 Å². The second-order valence-corrected chi connectivity index (χ2v) is 10.5. The Kier molecular flexibility index (Phi) is 8.54. The van der Waals surface area contributed by atoms with Crippen LogP contribution >= 0.6 is 0 Å². The lowest BCUT2D eigenvalue weighted by atomic mass is 9.72. The zero-order valence-electron chi connectivity index (χ0n) is 21.6. The molecule has 3 amide bonds. The molecule has 206 valence electrons. The summed E-state index contributed by atoms with van der Waals surface area (Å²) in [5, 5.41) is 33.8. The van der Waals surface area contributed by atoms with Gasteiger partial charge < -0.3 is 36.2 Å². The number of aliphatic hydroxyl groups excluding tert-OH is 1. The number of hydrogen-bond donors (Lipinski definition) is 5. The Labute approximate surface area is 222 Å². The number of nitrogens with two attached hydrogens (primary N) is 1. The highest BCUT2D eigenvalue weighted by Crippen LogP contribution is 2.44. The molecule has 0 unspecified atom stereocenters. The summed E-state index contributed by atoms with van der Waals surface area (Å²) in [6, 6.07) is 11.4. The molecule has 4 atom stereocenters. The second kappa shape index (κ2) is 11.7. The summed E-state index contributed by atoms with van der Waals surface area (Å²) in [5.41, 5.74) is 6.71. The highest BCUT2D eigenvalue weighted by molar-refractivity contribution is 5.75. The number of carboxylic acid groups (broad SMARTS) is 1. The van der Waals surface area contributed by atoms with Crippen LogP contribution < -0.4 is 11.1 Å². The van der Waals surface area contributed by atoms with Crippen LogP contribution in [0.3, 0.4) is 0 Å². The van der Waals surface area contributed by atoms with Crippen LogP contribution in [0.1, 0.15) is 36.8 Å². The van der Waals surface area contributed by atoms with Gasteiger partial charge in [-0.15, -0.1) is 0 Å². The first-order valence-electron chi connectivity index (χ1n) is 13.1. The third-order valence-electron chi connectivity index (χ3n) is 7.77. The number of amides is 3. The molecular formula is C28H37FN4O5. The average molecular weight is 529 g/mol. The van der Waals surface area contributed by atoms with Crippen molar-refractivity contribution in [2.75, 3.05) is 32.7 Å². The first kappa shape index (κ1) is 27.8. The van der Waals surface area contributed by atoms with Crippen molar-refractivity contribution in [2.45, 2.75) is 50.4 Å². The Hall–Kier alpha value is -3.21. The van der Waals surface area contributed by atoms with E-state index in [1.807, 2.05) is 25.1 Å². The molecule has 6 N–H and O–H groups in total. The van der Waals surface area contributed by atoms with Crippen molar-refractivity contribution < 1.29 is 29.3 Å². The van der Waals surface area contributed by atoms with Crippen molar-refractivity contribution in [3.8, 4) is 11.1 Å². The maximum atomic E-state index is 15.4. The van der Waals surface area contributed by atoms with Crippen molar-refractivity contribution in [3.05, 3.63) is 59.4 Å². The number of piperidine rings is 1. The Morgan fingerprint density at radius 3 is 2.61 bits per heavy atom. The van der Waals surface area contributed by atoms with Gasteiger partial charge in [0.1, 0.15) is 5.82 Å². The molecule has 0 aromatic heterocycles. The van der Waals surface area contributed by atoms with Crippen LogP contribution in [0.4, 0.5) is 14.0 Å². The molecule has 0 bridgehead atoms. The van der Waals surface area contributed by atoms with Gasteiger partial charge in [-0.25, -0.2) is 14.0 Å². The molecule has 0 spiro atoms. The Morgan fingerprint density at radius 2 is 1.92 bits per heavy atom. The number of hydrogen-bond acceptors (Lipinski definition) is 5. The number of benzene rings is 2. The molecule has 2 saturated heterocycles. The number of β-amino-alcohol motifs (C(OH)–C–C–N with tert-alkyl or cyclic N) is 1. The van der Waals surface area contributed by atoms with Gasteiger partial charge in [-0.1, -0.05) is 42.0 Å². The van der Waals surface area contributed by atoms with E-state index in [1.165, 1.54) is 11.0 Å². The Balaban J connectivity index is 1.68. The van der Waals surface area contributed by atoms with Crippen molar-refractivity contribution >= 4 is 12.1 Å². The fourth-order valence-electron chi connectivity index (χ4n) is 5.80. The Bertz CT molecular complexity index is 1150. The summed E-state index contributed by atoms with van der Waals surface area (Å²) < 4.78 is 15.4. The van der Waals surface area contributed by atoms with Crippen LogP contribution in [0.15, 0.2) is 42.5 Å². The number of halogens is 1. The van der Waals surface area contributed by atoms with E-state index in [-0.39, 0.29) is 38.6 Å². The van der Waals surface area contributed by atoms with Gasteiger partial charge in [0.25, 0.3) is 0 Å². The summed E-state index contributed by atoms with van der Waals surface area (Å²) in [6.45, 7) is 3.21. The lowest BCUT2D eigenvalue weighted by molar-refractivity contribution is -0.0562. The van der Waals surface area contributed by atoms with Crippen LogP contribution in [-0.2, 0) is 5.60 Å². The number of aryl methyl sites for hydroxylation is 1. The number of rotatable bonds is 7. The number of urea groups is 1. The van der Waals surface area contributed by atoms with Crippen molar-refractivity contribution in [2.24, 2.45) is 11.7 Å². The standard InChI is InChI=1S/C28H37FN4O5/c1-18-6-2-7-19(14-18)25-21(9-3-10-22(25)29)28(38,11-5-12-31-26(35)36)20-8-4-13-32(15-20)27(37)33-16-23(30)24(34)17-33/h2-3,6-7,9-10,14,20,23-24,31,34,38H,4-5,8,11-13,15-17,30H2,1H3,(H,35,36)/t20-,23-,24+,28-/m1/s1. The molecule has 0 saturated carbocycles. The number of likely N-dealkylation sites (tertiary alicyclic amines) is 2. The summed E-state index contributed by atoms with van der Waals surface area (Å²) in [5.74, 6) is -0.879. The molecule has 2 aromatic carbocycles. The van der Waals surface area contributed by atoms with Crippen molar-refractivity contribution in [1.82, 2.24) is 15.1 Å². The average Bonchev–Trinajstić information content (AvgIpc) is 3.23. The van der Waals surface area contributed by atoms with Gasteiger partial charge in [-0.05, 0) is 49.8 Å². The highest BCUT2D eigenvalue weighted by atomic mass is 19.1.